The van der Waals surface area contributed by atoms with Gasteiger partial charge in [0, 0.05) is 79.7 Å². The van der Waals surface area contributed by atoms with Crippen LogP contribution in [-0.2, 0) is 19.6 Å². The van der Waals surface area contributed by atoms with Gasteiger partial charge in [0.15, 0.2) is 0 Å². The number of fused-ring (bicyclic) bond motifs is 1. The van der Waals surface area contributed by atoms with Crippen molar-refractivity contribution in [2.75, 3.05) is 32.7 Å². The predicted molar refractivity (Wildman–Crippen MR) is 140 cm³/mol. The Hall–Kier alpha value is -2.40. The average Bonchev–Trinajstić information content (AvgIpc) is 3.48. The van der Waals surface area contributed by atoms with Crippen molar-refractivity contribution in [2.45, 2.75) is 39.4 Å². The highest BCUT2D eigenvalue weighted by molar-refractivity contribution is 6.31. The number of halogens is 1. The van der Waals surface area contributed by atoms with E-state index in [1.165, 1.54) is 46.0 Å². The van der Waals surface area contributed by atoms with E-state index < -0.39 is 0 Å². The summed E-state index contributed by atoms with van der Waals surface area (Å²) in [6.45, 7) is 10.4. The Bertz CT molecular complexity index is 1170. The molecule has 0 radical (unpaired) electrons. The zero-order chi connectivity index (χ0) is 22.6. The van der Waals surface area contributed by atoms with Crippen LogP contribution in [0.1, 0.15) is 36.5 Å². The molecule has 0 atom stereocenters. The summed E-state index contributed by atoms with van der Waals surface area (Å²) < 4.78 is 2.43. The molecule has 0 amide bonds. The molecular weight excluding hydrogens is 428 g/mol. The number of piperazine rings is 1. The molecule has 3 aromatic rings. The molecule has 5 rings (SSSR count). The van der Waals surface area contributed by atoms with Gasteiger partial charge in [0.2, 0.25) is 0 Å². The largest absolute Gasteiger partial charge is 0.347 e. The van der Waals surface area contributed by atoms with Gasteiger partial charge in [-0.15, -0.1) is 0 Å². The molecule has 2 aliphatic rings. The molecule has 0 bridgehead atoms. The standard InChI is InChI=1S/C28H33ClN4/c1-2-3-12-33-21-26(23-10-11-30-18-23)25-17-22(8-9-28(25)33)19-31-13-15-32(16-14-31)20-24-6-4-5-7-27(24)29/h4-10,17-18,21H,2-3,11-16,19-20H2,1H3. The van der Waals surface area contributed by atoms with E-state index in [9.17, 15) is 0 Å². The lowest BCUT2D eigenvalue weighted by Gasteiger charge is -2.35. The summed E-state index contributed by atoms with van der Waals surface area (Å²) in [6, 6.07) is 15.3. The Morgan fingerprint density at radius 1 is 0.970 bits per heavy atom. The first-order chi connectivity index (χ1) is 16.2. The molecule has 1 aromatic heterocycles. The number of allylic oxidation sites excluding steroid dienone is 1. The number of rotatable bonds is 8. The summed E-state index contributed by atoms with van der Waals surface area (Å²) >= 11 is 6.37. The first kappa shape index (κ1) is 22.4. The Balaban J connectivity index is 1.28. The Kier molecular flexibility index (Phi) is 6.96. The Morgan fingerprint density at radius 2 is 1.76 bits per heavy atom. The zero-order valence-corrected chi connectivity index (χ0v) is 20.3. The average molecular weight is 461 g/mol. The maximum atomic E-state index is 6.37. The van der Waals surface area contributed by atoms with Gasteiger partial charge in [-0.1, -0.05) is 55.3 Å². The van der Waals surface area contributed by atoms with Crippen LogP contribution in [0.3, 0.4) is 0 Å². The van der Waals surface area contributed by atoms with Crippen LogP contribution in [0.5, 0.6) is 0 Å². The van der Waals surface area contributed by atoms with Crippen LogP contribution in [0.2, 0.25) is 5.02 Å². The van der Waals surface area contributed by atoms with E-state index in [-0.39, 0.29) is 0 Å². The van der Waals surface area contributed by atoms with Crippen LogP contribution in [0, 0.1) is 0 Å². The molecule has 1 fully saturated rings. The van der Waals surface area contributed by atoms with Gasteiger partial charge in [0.1, 0.15) is 0 Å². The smallest absolute Gasteiger partial charge is 0.0580 e. The van der Waals surface area contributed by atoms with Crippen LogP contribution in [-0.4, -0.2) is 53.3 Å². The lowest BCUT2D eigenvalue weighted by Crippen LogP contribution is -2.45. The van der Waals surface area contributed by atoms with E-state index in [1.807, 2.05) is 18.3 Å². The van der Waals surface area contributed by atoms with Crippen molar-refractivity contribution < 1.29 is 0 Å². The lowest BCUT2D eigenvalue weighted by molar-refractivity contribution is 0.122. The van der Waals surface area contributed by atoms with E-state index in [4.69, 9.17) is 11.6 Å². The highest BCUT2D eigenvalue weighted by Crippen LogP contribution is 2.30. The van der Waals surface area contributed by atoms with Crippen LogP contribution < -0.4 is 0 Å². The summed E-state index contributed by atoms with van der Waals surface area (Å²) in [4.78, 5) is 9.52. The van der Waals surface area contributed by atoms with Crippen LogP contribution in [0.25, 0.3) is 16.5 Å². The molecule has 0 N–H and O–H groups in total. The normalized spacial score (nSPS) is 17.2. The van der Waals surface area contributed by atoms with E-state index in [0.29, 0.717) is 0 Å². The number of benzene rings is 2. The van der Waals surface area contributed by atoms with Crippen molar-refractivity contribution in [3.63, 3.8) is 0 Å². The van der Waals surface area contributed by atoms with Gasteiger partial charge in [-0.2, -0.15) is 0 Å². The van der Waals surface area contributed by atoms with Gasteiger partial charge in [-0.3, -0.25) is 14.8 Å². The minimum Gasteiger partial charge on any atom is -0.347 e. The number of aryl methyl sites for hydroxylation is 1. The number of aliphatic imine (C=N–C) groups is 1. The molecule has 172 valence electrons. The molecule has 5 heteroatoms. The first-order valence-corrected chi connectivity index (χ1v) is 12.6. The molecule has 0 spiro atoms. The third kappa shape index (κ3) is 5.08. The summed E-state index contributed by atoms with van der Waals surface area (Å²) in [5.74, 6) is 0. The third-order valence-electron chi connectivity index (χ3n) is 6.88. The second-order valence-corrected chi connectivity index (χ2v) is 9.65. The van der Waals surface area contributed by atoms with Gasteiger partial charge in [0.25, 0.3) is 0 Å². The second kappa shape index (κ2) is 10.3. The molecule has 2 aromatic carbocycles. The number of aromatic nitrogens is 1. The SMILES string of the molecule is CCCCn1cc(C2=CCN=C2)c2cc(CN3CCN(Cc4ccccc4Cl)CC3)ccc21. The number of unbranched alkanes of at least 4 members (excludes halogenated alkanes) is 1. The molecule has 0 unspecified atom stereocenters. The minimum absolute atomic E-state index is 0.801. The quantitative estimate of drug-likeness (QED) is 0.419. The molecule has 3 heterocycles. The van der Waals surface area contributed by atoms with Gasteiger partial charge in [-0.25, -0.2) is 0 Å². The highest BCUT2D eigenvalue weighted by atomic mass is 35.5. The van der Waals surface area contributed by atoms with Gasteiger partial charge >= 0.3 is 0 Å². The summed E-state index contributed by atoms with van der Waals surface area (Å²) in [5.41, 5.74) is 6.55. The number of hydrogen-bond acceptors (Lipinski definition) is 3. The number of nitrogens with zero attached hydrogens (tertiary/aromatic N) is 4. The summed E-state index contributed by atoms with van der Waals surface area (Å²) in [7, 11) is 0. The molecule has 4 nitrogen and oxygen atoms in total. The first-order valence-electron chi connectivity index (χ1n) is 12.2. The highest BCUT2D eigenvalue weighted by Gasteiger charge is 2.19. The Labute approximate surface area is 202 Å². The van der Waals surface area contributed by atoms with Crippen molar-refractivity contribution in [1.82, 2.24) is 14.4 Å². The fourth-order valence-corrected chi connectivity index (χ4v) is 5.15. The van der Waals surface area contributed by atoms with E-state index >= 15 is 0 Å². The predicted octanol–water partition coefficient (Wildman–Crippen LogP) is 5.88. The zero-order valence-electron chi connectivity index (χ0n) is 19.5. The van der Waals surface area contributed by atoms with Crippen LogP contribution in [0.4, 0.5) is 0 Å². The summed E-state index contributed by atoms with van der Waals surface area (Å²) in [5, 5.41) is 2.23. The fourth-order valence-electron chi connectivity index (χ4n) is 4.95. The van der Waals surface area contributed by atoms with E-state index in [0.717, 1.165) is 57.4 Å². The Morgan fingerprint density at radius 3 is 2.48 bits per heavy atom. The third-order valence-corrected chi connectivity index (χ3v) is 7.25. The van der Waals surface area contributed by atoms with Crippen molar-refractivity contribution in [3.05, 3.63) is 76.5 Å². The van der Waals surface area contributed by atoms with Crippen molar-refractivity contribution in [1.29, 1.82) is 0 Å². The maximum absolute atomic E-state index is 6.37. The van der Waals surface area contributed by atoms with E-state index in [2.05, 4.69) is 68.9 Å². The van der Waals surface area contributed by atoms with Crippen molar-refractivity contribution >= 4 is 34.3 Å². The number of hydrogen-bond donors (Lipinski definition) is 0. The molecule has 33 heavy (non-hydrogen) atoms. The molecule has 0 aliphatic carbocycles. The molecular formula is C28H33ClN4. The van der Waals surface area contributed by atoms with Gasteiger partial charge in [0.05, 0.1) is 6.54 Å². The van der Waals surface area contributed by atoms with Crippen LogP contribution in [0.15, 0.2) is 59.7 Å². The van der Waals surface area contributed by atoms with Crippen LogP contribution >= 0.6 is 11.6 Å². The second-order valence-electron chi connectivity index (χ2n) is 9.24. The van der Waals surface area contributed by atoms with Gasteiger partial charge in [-0.05, 0) is 41.3 Å². The van der Waals surface area contributed by atoms with Gasteiger partial charge < -0.3 is 4.57 Å². The molecule has 0 saturated carbocycles. The molecule has 2 aliphatic heterocycles. The lowest BCUT2D eigenvalue weighted by atomic mass is 10.0. The van der Waals surface area contributed by atoms with Crippen molar-refractivity contribution in [2.24, 2.45) is 4.99 Å². The monoisotopic (exact) mass is 460 g/mol. The minimum atomic E-state index is 0.801. The summed E-state index contributed by atoms with van der Waals surface area (Å²) in [6.07, 6.45) is 9.02. The van der Waals surface area contributed by atoms with E-state index in [1.54, 1.807) is 0 Å². The maximum Gasteiger partial charge on any atom is 0.0580 e. The molecule has 1 saturated heterocycles. The topological polar surface area (TPSA) is 23.8 Å². The fraction of sp³-hybridized carbons (Fsp3) is 0.393. The van der Waals surface area contributed by atoms with Crippen molar-refractivity contribution in [3.8, 4) is 0 Å².